The van der Waals surface area contributed by atoms with Crippen molar-refractivity contribution < 1.29 is 38.6 Å². The molecule has 1 saturated heterocycles. The summed E-state index contributed by atoms with van der Waals surface area (Å²) in [7, 11) is 0. The Balaban J connectivity index is 1.36. The molecule has 2 fully saturated rings. The highest BCUT2D eigenvalue weighted by Gasteiger charge is 2.61. The van der Waals surface area contributed by atoms with E-state index in [1.165, 1.54) is 16.1 Å². The third-order valence-electron chi connectivity index (χ3n) is 8.70. The van der Waals surface area contributed by atoms with Crippen LogP contribution in [0.25, 0.3) is 0 Å². The Hall–Kier alpha value is -4.23. The monoisotopic (exact) mass is 626 g/mol. The number of carbonyl (C=O) groups is 5. The molecule has 5 rings (SSSR count). The molecule has 1 aromatic rings. The lowest BCUT2D eigenvalue weighted by Gasteiger charge is -2.30. The van der Waals surface area contributed by atoms with Gasteiger partial charge < -0.3 is 35.0 Å². The highest BCUT2D eigenvalue weighted by molar-refractivity contribution is 5.96. The number of carboxylic acids is 1. The Morgan fingerprint density at radius 3 is 2.73 bits per heavy atom. The summed E-state index contributed by atoms with van der Waals surface area (Å²) in [5.74, 6) is -2.67. The number of nitrogens with zero attached hydrogens (tertiary/aromatic N) is 4. The third-order valence-corrected chi connectivity index (χ3v) is 8.70. The van der Waals surface area contributed by atoms with Crippen LogP contribution >= 0.6 is 0 Å². The molecule has 1 aromatic heterocycles. The number of aromatic nitrogens is 2. The number of carboxylic acid groups (broad SMARTS) is 1. The van der Waals surface area contributed by atoms with Crippen LogP contribution in [0.4, 0.5) is 9.59 Å². The molecule has 4 aliphatic rings. The van der Waals surface area contributed by atoms with Crippen molar-refractivity contribution in [2.45, 2.75) is 108 Å². The van der Waals surface area contributed by atoms with Gasteiger partial charge in [-0.15, -0.1) is 0 Å². The van der Waals surface area contributed by atoms with Gasteiger partial charge in [0.15, 0.2) is 0 Å². The van der Waals surface area contributed by atoms with Crippen molar-refractivity contribution in [3.05, 3.63) is 35.9 Å². The van der Waals surface area contributed by atoms with Crippen LogP contribution in [0, 0.1) is 5.92 Å². The molecule has 0 unspecified atom stereocenters. The van der Waals surface area contributed by atoms with Crippen molar-refractivity contribution in [3.8, 4) is 0 Å². The Morgan fingerprint density at radius 2 is 1.98 bits per heavy atom. The molecule has 244 valence electrons. The summed E-state index contributed by atoms with van der Waals surface area (Å²) in [4.78, 5) is 77.2. The first-order valence-corrected chi connectivity index (χ1v) is 15.6. The minimum Gasteiger partial charge on any atom is -0.479 e. The number of nitrogens with one attached hydrogen (secondary N) is 2. The van der Waals surface area contributed by atoms with E-state index in [-0.39, 0.29) is 31.8 Å². The lowest BCUT2D eigenvalue weighted by molar-refractivity contribution is -0.145. The van der Waals surface area contributed by atoms with Crippen molar-refractivity contribution in [3.63, 3.8) is 0 Å². The van der Waals surface area contributed by atoms with Crippen LogP contribution in [0.15, 0.2) is 24.7 Å². The smallest absolute Gasteiger partial charge is 0.410 e. The molecular formula is C31H42N6O8. The van der Waals surface area contributed by atoms with Crippen molar-refractivity contribution in [1.29, 1.82) is 0 Å². The van der Waals surface area contributed by atoms with Crippen LogP contribution in [-0.2, 0) is 36.8 Å². The molecule has 14 heteroatoms. The summed E-state index contributed by atoms with van der Waals surface area (Å²) in [6, 6.07) is -2.11. The predicted octanol–water partition coefficient (Wildman–Crippen LogP) is 2.31. The number of carbonyl (C=O) groups excluding carboxylic acids is 4. The second-order valence-electron chi connectivity index (χ2n) is 13.3. The van der Waals surface area contributed by atoms with Gasteiger partial charge in [0, 0.05) is 37.1 Å². The van der Waals surface area contributed by atoms with Crippen LogP contribution in [0.2, 0.25) is 0 Å². The Labute approximate surface area is 261 Å². The summed E-state index contributed by atoms with van der Waals surface area (Å²) >= 11 is 0. The van der Waals surface area contributed by atoms with Gasteiger partial charge in [-0.05, 0) is 46.5 Å². The van der Waals surface area contributed by atoms with Gasteiger partial charge in [-0.3, -0.25) is 9.59 Å². The second kappa shape index (κ2) is 13.0. The van der Waals surface area contributed by atoms with Crippen LogP contribution in [0.1, 0.15) is 77.0 Å². The molecule has 14 nitrogen and oxygen atoms in total. The normalized spacial score (nSPS) is 29.5. The maximum atomic E-state index is 14.1. The van der Waals surface area contributed by atoms with Gasteiger partial charge in [-0.1, -0.05) is 25.0 Å². The average Bonchev–Trinajstić information content (AvgIpc) is 3.51. The van der Waals surface area contributed by atoms with E-state index >= 15 is 0 Å². The zero-order chi connectivity index (χ0) is 32.4. The van der Waals surface area contributed by atoms with E-state index in [0.717, 1.165) is 30.5 Å². The largest absolute Gasteiger partial charge is 0.479 e. The van der Waals surface area contributed by atoms with Crippen LogP contribution < -0.4 is 10.6 Å². The fourth-order valence-corrected chi connectivity index (χ4v) is 6.24. The number of aliphatic carboxylic acids is 1. The van der Waals surface area contributed by atoms with Gasteiger partial charge in [0.05, 0.1) is 18.8 Å². The van der Waals surface area contributed by atoms with Gasteiger partial charge in [-0.2, -0.15) is 0 Å². The first kappa shape index (κ1) is 32.2. The van der Waals surface area contributed by atoms with E-state index in [9.17, 15) is 29.1 Å². The molecule has 1 aliphatic carbocycles. The second-order valence-corrected chi connectivity index (χ2v) is 13.3. The molecule has 0 bridgehead atoms. The summed E-state index contributed by atoms with van der Waals surface area (Å²) < 4.78 is 11.2. The van der Waals surface area contributed by atoms with Crippen molar-refractivity contribution >= 4 is 30.0 Å². The van der Waals surface area contributed by atoms with Crippen molar-refractivity contribution in [2.75, 3.05) is 13.1 Å². The molecule has 3 N–H and O–H groups in total. The SMILES string of the molecule is CC(C)(C)OC(=O)N[C@H]1CCCCC/C=C/[C@@H]2C[C@@]2(C(=O)O)NC(=O)[C@@H]2C[C@@H](OC(=O)N3CCc4ncncc4C3)CN2C1=O. The van der Waals surface area contributed by atoms with Gasteiger partial charge in [0.25, 0.3) is 0 Å². The first-order chi connectivity index (χ1) is 21.4. The zero-order valence-corrected chi connectivity index (χ0v) is 26.0. The number of amides is 4. The number of hydrogen-bond donors (Lipinski definition) is 3. The highest BCUT2D eigenvalue weighted by Crippen LogP contribution is 2.45. The molecule has 3 aliphatic heterocycles. The fourth-order valence-electron chi connectivity index (χ4n) is 6.24. The highest BCUT2D eigenvalue weighted by atomic mass is 16.6. The molecule has 0 radical (unpaired) electrons. The zero-order valence-electron chi connectivity index (χ0n) is 26.0. The van der Waals surface area contributed by atoms with Crippen LogP contribution in [0.3, 0.4) is 0 Å². The van der Waals surface area contributed by atoms with Crippen LogP contribution in [-0.4, -0.2) is 97.3 Å². The molecule has 0 spiro atoms. The van der Waals surface area contributed by atoms with Gasteiger partial charge in [0.2, 0.25) is 11.8 Å². The molecule has 45 heavy (non-hydrogen) atoms. The van der Waals surface area contributed by atoms with Crippen molar-refractivity contribution in [2.24, 2.45) is 5.92 Å². The van der Waals surface area contributed by atoms with E-state index in [1.54, 1.807) is 27.0 Å². The molecule has 4 heterocycles. The van der Waals surface area contributed by atoms with Gasteiger partial charge >= 0.3 is 18.2 Å². The van der Waals surface area contributed by atoms with Gasteiger partial charge in [0.1, 0.15) is 35.7 Å². The quantitative estimate of drug-likeness (QED) is 0.422. The number of rotatable bonds is 3. The number of hydrogen-bond acceptors (Lipinski definition) is 9. The van der Waals surface area contributed by atoms with E-state index in [1.807, 2.05) is 12.2 Å². The van der Waals surface area contributed by atoms with E-state index in [4.69, 9.17) is 9.47 Å². The average molecular weight is 627 g/mol. The molecule has 0 aromatic carbocycles. The molecule has 1 saturated carbocycles. The lowest BCUT2D eigenvalue weighted by Crippen LogP contribution is -2.56. The lowest BCUT2D eigenvalue weighted by atomic mass is 10.0. The maximum Gasteiger partial charge on any atom is 0.410 e. The van der Waals surface area contributed by atoms with E-state index in [0.29, 0.717) is 25.8 Å². The third kappa shape index (κ3) is 7.54. The molecule has 4 amide bonds. The standard InChI is InChI=1S/C31H42N6O8/c1-30(2,3)45-28(42)34-23-10-8-6-4-5-7-9-20-14-31(20,27(40)41)35-25(38)24-13-21(17-37(24)26(23)39)44-29(43)36-12-11-22-19(16-36)15-32-18-33-22/h7,9,15,18,20-21,23-24H,4-6,8,10-14,16-17H2,1-3H3,(H,34,42)(H,35,38)(H,40,41)/b9-7+/t20-,21-,23+,24+,31-/m1/s1. The van der Waals surface area contributed by atoms with E-state index < -0.39 is 59.3 Å². The minimum atomic E-state index is -1.46. The summed E-state index contributed by atoms with van der Waals surface area (Å²) in [5, 5.41) is 15.4. The number of fused-ring (bicyclic) bond motifs is 3. The summed E-state index contributed by atoms with van der Waals surface area (Å²) in [5.41, 5.74) is -0.569. The number of alkyl carbamates (subject to hydrolysis) is 1. The van der Waals surface area contributed by atoms with Crippen molar-refractivity contribution in [1.82, 2.24) is 30.4 Å². The summed E-state index contributed by atoms with van der Waals surface area (Å²) in [6.07, 6.45) is 8.75. The summed E-state index contributed by atoms with van der Waals surface area (Å²) in [6.45, 7) is 5.72. The number of ether oxygens (including phenoxy) is 2. The van der Waals surface area contributed by atoms with Gasteiger partial charge in [-0.25, -0.2) is 24.4 Å². The molecule has 5 atom stereocenters. The van der Waals surface area contributed by atoms with Crippen LogP contribution in [0.5, 0.6) is 0 Å². The fraction of sp³-hybridized carbons (Fsp3) is 0.645. The Bertz CT molecular complexity index is 1360. The van der Waals surface area contributed by atoms with E-state index in [2.05, 4.69) is 20.6 Å². The molecular weight excluding hydrogens is 584 g/mol. The maximum absolute atomic E-state index is 14.1. The predicted molar refractivity (Wildman–Crippen MR) is 159 cm³/mol. The topological polar surface area (TPSA) is 180 Å². The number of allylic oxidation sites excluding steroid dienone is 1. The first-order valence-electron chi connectivity index (χ1n) is 15.6. The Kier molecular flexibility index (Phi) is 9.31. The minimum absolute atomic E-state index is 0.0216. The Morgan fingerprint density at radius 1 is 1.18 bits per heavy atom.